The number of aryl methyl sites for hydroxylation is 1. The Balaban J connectivity index is 1.88. The summed E-state index contributed by atoms with van der Waals surface area (Å²) in [5.74, 6) is 0.904. The van der Waals surface area contributed by atoms with E-state index in [2.05, 4.69) is 26.2 Å². The van der Waals surface area contributed by atoms with Crippen molar-refractivity contribution in [1.82, 2.24) is 4.98 Å². The molecule has 0 unspecified atom stereocenters. The second-order valence-electron chi connectivity index (χ2n) is 4.98. The van der Waals surface area contributed by atoms with Crippen LogP contribution in [0.4, 0.5) is 5.82 Å². The van der Waals surface area contributed by atoms with Crippen molar-refractivity contribution in [2.24, 2.45) is 5.92 Å². The molecule has 1 aliphatic carbocycles. The Morgan fingerprint density at radius 2 is 2.05 bits per heavy atom. The minimum absolute atomic E-state index is 0.0719. The second kappa shape index (κ2) is 6.37. The summed E-state index contributed by atoms with van der Waals surface area (Å²) in [4.78, 5) is 15.9. The Hall–Kier alpha value is -1.10. The van der Waals surface area contributed by atoms with Gasteiger partial charge in [-0.2, -0.15) is 0 Å². The Labute approximate surface area is 122 Å². The highest BCUT2D eigenvalue weighted by Gasteiger charge is 2.26. The number of pyridine rings is 1. The number of methoxy groups -OCH3 is 1. The number of nitrogens with one attached hydrogen (secondary N) is 1. The Bertz CT molecular complexity index is 457. The van der Waals surface area contributed by atoms with Gasteiger partial charge in [0.2, 0.25) is 0 Å². The molecule has 0 radical (unpaired) electrons. The van der Waals surface area contributed by atoms with Gasteiger partial charge in [0.15, 0.2) is 0 Å². The highest BCUT2D eigenvalue weighted by atomic mass is 79.9. The van der Waals surface area contributed by atoms with E-state index in [1.165, 1.54) is 7.11 Å². The summed E-state index contributed by atoms with van der Waals surface area (Å²) in [6.45, 7) is 1.98. The summed E-state index contributed by atoms with van der Waals surface area (Å²) in [6, 6.07) is 4.38. The molecule has 1 aliphatic rings. The predicted octanol–water partition coefficient (Wildman–Crippen LogP) is 3.30. The molecule has 4 nitrogen and oxygen atoms in total. The summed E-state index contributed by atoms with van der Waals surface area (Å²) in [7, 11) is 1.46. The third-order valence-corrected chi connectivity index (χ3v) is 4.47. The Kier molecular flexibility index (Phi) is 4.80. The normalized spacial score (nSPS) is 22.9. The van der Waals surface area contributed by atoms with Gasteiger partial charge in [0.1, 0.15) is 5.82 Å². The van der Waals surface area contributed by atoms with Gasteiger partial charge in [-0.15, -0.1) is 0 Å². The van der Waals surface area contributed by atoms with E-state index < -0.39 is 0 Å². The van der Waals surface area contributed by atoms with Crippen LogP contribution in [0.1, 0.15) is 31.4 Å². The number of nitrogens with zero attached hydrogens (tertiary/aromatic N) is 1. The molecule has 0 spiro atoms. The fraction of sp³-hybridized carbons (Fsp3) is 0.571. The molecule has 104 valence electrons. The SMILES string of the molecule is COC(=O)C1CCC(Nc2ccc(Br)c(C)n2)CC1. The van der Waals surface area contributed by atoms with E-state index >= 15 is 0 Å². The lowest BCUT2D eigenvalue weighted by atomic mass is 9.86. The molecular weight excluding hydrogens is 308 g/mol. The number of ether oxygens (including phenoxy) is 1. The first kappa shape index (κ1) is 14.3. The molecule has 1 aromatic rings. The maximum Gasteiger partial charge on any atom is 0.308 e. The van der Waals surface area contributed by atoms with Gasteiger partial charge in [-0.1, -0.05) is 0 Å². The van der Waals surface area contributed by atoms with Gasteiger partial charge in [-0.3, -0.25) is 4.79 Å². The first-order valence-corrected chi connectivity index (χ1v) is 7.37. The van der Waals surface area contributed by atoms with E-state index in [0.29, 0.717) is 6.04 Å². The van der Waals surface area contributed by atoms with Crippen molar-refractivity contribution in [3.63, 3.8) is 0 Å². The van der Waals surface area contributed by atoms with Crippen LogP contribution in [0.2, 0.25) is 0 Å². The molecule has 1 saturated carbocycles. The monoisotopic (exact) mass is 326 g/mol. The number of rotatable bonds is 3. The molecule has 0 atom stereocenters. The molecule has 5 heteroatoms. The van der Waals surface area contributed by atoms with Crippen molar-refractivity contribution in [3.8, 4) is 0 Å². The molecule has 0 aromatic carbocycles. The van der Waals surface area contributed by atoms with E-state index in [0.717, 1.165) is 41.7 Å². The summed E-state index contributed by atoms with van der Waals surface area (Å²) in [5, 5.41) is 3.44. The number of aromatic nitrogens is 1. The summed E-state index contributed by atoms with van der Waals surface area (Å²) in [5.41, 5.74) is 0.980. The van der Waals surface area contributed by atoms with Gasteiger partial charge in [0.25, 0.3) is 0 Å². The molecule has 1 N–H and O–H groups in total. The molecule has 1 fully saturated rings. The minimum atomic E-state index is -0.0731. The largest absolute Gasteiger partial charge is 0.469 e. The van der Waals surface area contributed by atoms with Crippen LogP contribution < -0.4 is 5.32 Å². The van der Waals surface area contributed by atoms with Crippen molar-refractivity contribution < 1.29 is 9.53 Å². The fourth-order valence-electron chi connectivity index (χ4n) is 2.47. The zero-order valence-corrected chi connectivity index (χ0v) is 12.9. The van der Waals surface area contributed by atoms with Crippen LogP contribution in [0.3, 0.4) is 0 Å². The summed E-state index contributed by atoms with van der Waals surface area (Å²) < 4.78 is 5.82. The standard InChI is InChI=1S/C14H19BrN2O2/c1-9-12(15)7-8-13(16-9)17-11-5-3-10(4-6-11)14(18)19-2/h7-8,10-11H,3-6H2,1-2H3,(H,16,17). The number of hydrogen-bond acceptors (Lipinski definition) is 4. The van der Waals surface area contributed by atoms with Crippen molar-refractivity contribution in [2.75, 3.05) is 12.4 Å². The van der Waals surface area contributed by atoms with Crippen LogP contribution in [0.25, 0.3) is 0 Å². The average molecular weight is 327 g/mol. The number of carbonyl (C=O) groups is 1. The van der Waals surface area contributed by atoms with E-state index in [9.17, 15) is 4.79 Å². The van der Waals surface area contributed by atoms with Crippen molar-refractivity contribution >= 4 is 27.7 Å². The molecule has 19 heavy (non-hydrogen) atoms. The topological polar surface area (TPSA) is 51.2 Å². The minimum Gasteiger partial charge on any atom is -0.469 e. The summed E-state index contributed by atoms with van der Waals surface area (Å²) >= 11 is 3.44. The van der Waals surface area contributed by atoms with Crippen molar-refractivity contribution in [2.45, 2.75) is 38.6 Å². The maximum atomic E-state index is 11.5. The van der Waals surface area contributed by atoms with Crippen molar-refractivity contribution in [1.29, 1.82) is 0 Å². The van der Waals surface area contributed by atoms with Gasteiger partial charge >= 0.3 is 5.97 Å². The lowest BCUT2D eigenvalue weighted by Gasteiger charge is -2.28. The molecule has 0 bridgehead atoms. The van der Waals surface area contributed by atoms with Crippen LogP contribution in [0, 0.1) is 12.8 Å². The third kappa shape index (κ3) is 3.69. The van der Waals surface area contributed by atoms with E-state index in [1.807, 2.05) is 19.1 Å². The highest BCUT2D eigenvalue weighted by Crippen LogP contribution is 2.27. The lowest BCUT2D eigenvalue weighted by molar-refractivity contribution is -0.146. The lowest BCUT2D eigenvalue weighted by Crippen LogP contribution is -2.30. The number of esters is 1. The zero-order chi connectivity index (χ0) is 13.8. The average Bonchev–Trinajstić information content (AvgIpc) is 2.43. The smallest absolute Gasteiger partial charge is 0.308 e. The number of carbonyl (C=O) groups excluding carboxylic acids is 1. The zero-order valence-electron chi connectivity index (χ0n) is 11.3. The van der Waals surface area contributed by atoms with Crippen LogP contribution >= 0.6 is 15.9 Å². The van der Waals surface area contributed by atoms with Gasteiger partial charge in [-0.25, -0.2) is 4.98 Å². The maximum absolute atomic E-state index is 11.5. The quantitative estimate of drug-likeness (QED) is 0.866. The highest BCUT2D eigenvalue weighted by molar-refractivity contribution is 9.10. The second-order valence-corrected chi connectivity index (χ2v) is 5.83. The molecule has 0 saturated heterocycles. The van der Waals surface area contributed by atoms with E-state index in [-0.39, 0.29) is 11.9 Å². The number of halogens is 1. The molecular formula is C14H19BrN2O2. The van der Waals surface area contributed by atoms with Crippen LogP contribution in [0.5, 0.6) is 0 Å². The van der Waals surface area contributed by atoms with E-state index in [1.54, 1.807) is 0 Å². The van der Waals surface area contributed by atoms with Gasteiger partial charge in [0, 0.05) is 10.5 Å². The third-order valence-electron chi connectivity index (χ3n) is 3.64. The first-order valence-electron chi connectivity index (χ1n) is 6.57. The predicted molar refractivity (Wildman–Crippen MR) is 78.1 cm³/mol. The Morgan fingerprint density at radius 1 is 1.37 bits per heavy atom. The molecule has 2 rings (SSSR count). The molecule has 1 aromatic heterocycles. The van der Waals surface area contributed by atoms with Crippen LogP contribution in [-0.4, -0.2) is 24.1 Å². The number of anilines is 1. The van der Waals surface area contributed by atoms with Crippen LogP contribution in [-0.2, 0) is 9.53 Å². The van der Waals surface area contributed by atoms with Gasteiger partial charge < -0.3 is 10.1 Å². The summed E-state index contributed by atoms with van der Waals surface area (Å²) in [6.07, 6.45) is 3.74. The fourth-order valence-corrected chi connectivity index (χ4v) is 2.69. The molecule has 1 heterocycles. The van der Waals surface area contributed by atoms with Crippen molar-refractivity contribution in [3.05, 3.63) is 22.3 Å². The molecule has 0 aliphatic heterocycles. The van der Waals surface area contributed by atoms with Gasteiger partial charge in [0.05, 0.1) is 18.7 Å². The van der Waals surface area contributed by atoms with Crippen LogP contribution in [0.15, 0.2) is 16.6 Å². The van der Waals surface area contributed by atoms with E-state index in [4.69, 9.17) is 4.74 Å². The number of hydrogen-bond donors (Lipinski definition) is 1. The van der Waals surface area contributed by atoms with Gasteiger partial charge in [-0.05, 0) is 60.7 Å². The Morgan fingerprint density at radius 3 is 2.63 bits per heavy atom. The first-order chi connectivity index (χ1) is 9.10. The molecule has 0 amide bonds.